The number of rotatable bonds is 3. The quantitative estimate of drug-likeness (QED) is 0.568. The van der Waals surface area contributed by atoms with Crippen molar-refractivity contribution in [2.45, 2.75) is 36.9 Å². The highest BCUT2D eigenvalue weighted by Crippen LogP contribution is 2.48. The van der Waals surface area contributed by atoms with Crippen LogP contribution in [-0.4, -0.2) is 31.4 Å². The maximum atomic E-state index is 14.5. The Bertz CT molecular complexity index is 1010. The lowest BCUT2D eigenvalue weighted by atomic mass is 9.89. The van der Waals surface area contributed by atoms with Crippen molar-refractivity contribution in [3.8, 4) is 0 Å². The van der Waals surface area contributed by atoms with Gasteiger partial charge in [0.15, 0.2) is 0 Å². The average molecular weight is 472 g/mol. The topological polar surface area (TPSA) is 27.3 Å². The minimum Gasteiger partial charge on any atom is -0.381 e. The van der Waals surface area contributed by atoms with Crippen LogP contribution in [0.3, 0.4) is 0 Å². The summed E-state index contributed by atoms with van der Waals surface area (Å²) in [6.07, 6.45) is -3.57. The van der Waals surface area contributed by atoms with Crippen LogP contribution in [0.4, 0.5) is 28.9 Å². The smallest absolute Gasteiger partial charge is 0.381 e. The van der Waals surface area contributed by atoms with E-state index in [0.717, 1.165) is 55.4 Å². The molecule has 5 rings (SSSR count). The summed E-state index contributed by atoms with van der Waals surface area (Å²) in [5.41, 5.74) is 2.98. The van der Waals surface area contributed by atoms with E-state index < -0.39 is 23.1 Å². The van der Waals surface area contributed by atoms with Crippen molar-refractivity contribution in [2.24, 2.45) is 0 Å². The Kier molecular flexibility index (Phi) is 5.51. The molecule has 0 aliphatic carbocycles. The first-order valence-corrected chi connectivity index (χ1v) is 11.9. The van der Waals surface area contributed by atoms with Crippen molar-refractivity contribution < 1.29 is 17.6 Å². The number of anilines is 2. The number of benzene rings is 2. The number of halogens is 5. The van der Waals surface area contributed by atoms with Crippen LogP contribution in [0.25, 0.3) is 0 Å². The maximum absolute atomic E-state index is 14.5. The Morgan fingerprint density at radius 3 is 2.90 bits per heavy atom. The number of thioether (sulfide) groups is 1. The van der Waals surface area contributed by atoms with Gasteiger partial charge in [0, 0.05) is 60.0 Å². The minimum atomic E-state index is -4.65. The van der Waals surface area contributed by atoms with Crippen molar-refractivity contribution >= 4 is 34.7 Å². The molecule has 31 heavy (non-hydrogen) atoms. The molecule has 0 amide bonds. The first kappa shape index (κ1) is 21.2. The van der Waals surface area contributed by atoms with Gasteiger partial charge in [-0.2, -0.15) is 24.9 Å². The molecule has 0 aromatic heterocycles. The third-order valence-electron chi connectivity index (χ3n) is 6.46. The number of alkyl halides is 3. The van der Waals surface area contributed by atoms with E-state index in [1.807, 2.05) is 23.9 Å². The zero-order chi connectivity index (χ0) is 21.8. The molecule has 2 N–H and O–H groups in total. The van der Waals surface area contributed by atoms with E-state index in [1.165, 1.54) is 16.8 Å². The molecular formula is C22H22ClF4N3S. The number of nitrogens with zero attached hydrogens (tertiary/aromatic N) is 1. The molecule has 2 aromatic carbocycles. The molecular weight excluding hydrogens is 450 g/mol. The highest BCUT2D eigenvalue weighted by Gasteiger charge is 2.42. The van der Waals surface area contributed by atoms with Crippen LogP contribution in [0.15, 0.2) is 24.3 Å². The average Bonchev–Trinajstić information content (AvgIpc) is 2.89. The summed E-state index contributed by atoms with van der Waals surface area (Å²) in [6, 6.07) is 6.30. The lowest BCUT2D eigenvalue weighted by Gasteiger charge is -2.33. The van der Waals surface area contributed by atoms with E-state index in [2.05, 4.69) is 15.5 Å². The van der Waals surface area contributed by atoms with E-state index in [0.29, 0.717) is 12.0 Å². The standard InChI is InChI=1S/C22H22ClF4N3S/c23-18-2-1-17(22(25,26)27)16(20(18)24)10-29-13-7-12-11-31-6-5-30-19-3-4-28-9-15(19)14(8-13)21(12)30/h1-2,7-8,15,19,28-29H,3-6,9-11H2/t15-,19-/m0/s1. The van der Waals surface area contributed by atoms with Gasteiger partial charge < -0.3 is 15.5 Å². The molecule has 2 aromatic rings. The first-order valence-electron chi connectivity index (χ1n) is 10.3. The summed E-state index contributed by atoms with van der Waals surface area (Å²) in [6.45, 7) is 2.61. The third-order valence-corrected chi connectivity index (χ3v) is 7.73. The van der Waals surface area contributed by atoms with E-state index >= 15 is 0 Å². The monoisotopic (exact) mass is 471 g/mol. The van der Waals surface area contributed by atoms with Crippen molar-refractivity contribution in [3.63, 3.8) is 0 Å². The molecule has 9 heteroatoms. The van der Waals surface area contributed by atoms with Crippen molar-refractivity contribution in [1.29, 1.82) is 0 Å². The fourth-order valence-corrected chi connectivity index (χ4v) is 6.20. The molecule has 2 atom stereocenters. The second kappa shape index (κ2) is 8.05. The molecule has 3 heterocycles. The van der Waals surface area contributed by atoms with E-state index in [1.54, 1.807) is 0 Å². The second-order valence-corrected chi connectivity index (χ2v) is 9.74. The highest BCUT2D eigenvalue weighted by molar-refractivity contribution is 7.98. The molecule has 0 bridgehead atoms. The van der Waals surface area contributed by atoms with Gasteiger partial charge in [-0.1, -0.05) is 11.6 Å². The van der Waals surface area contributed by atoms with Gasteiger partial charge >= 0.3 is 6.18 Å². The number of hydrogen-bond acceptors (Lipinski definition) is 4. The van der Waals surface area contributed by atoms with Gasteiger partial charge in [-0.25, -0.2) is 4.39 Å². The fourth-order valence-electron chi connectivity index (χ4n) is 5.11. The van der Waals surface area contributed by atoms with E-state index in [-0.39, 0.29) is 11.6 Å². The van der Waals surface area contributed by atoms with Crippen molar-refractivity contribution in [2.75, 3.05) is 35.6 Å². The predicted molar refractivity (Wildman–Crippen MR) is 118 cm³/mol. The van der Waals surface area contributed by atoms with Crippen LogP contribution < -0.4 is 15.5 Å². The summed E-state index contributed by atoms with van der Waals surface area (Å²) in [5, 5.41) is 6.21. The third kappa shape index (κ3) is 3.76. The molecule has 3 aliphatic heterocycles. The lowest BCUT2D eigenvalue weighted by Crippen LogP contribution is -2.44. The summed E-state index contributed by atoms with van der Waals surface area (Å²) < 4.78 is 54.7. The molecule has 3 aliphatic rings. The molecule has 1 fully saturated rings. The largest absolute Gasteiger partial charge is 0.416 e. The molecule has 1 saturated heterocycles. The fraction of sp³-hybridized carbons (Fsp3) is 0.455. The van der Waals surface area contributed by atoms with Crippen LogP contribution in [-0.2, 0) is 18.5 Å². The lowest BCUT2D eigenvalue weighted by molar-refractivity contribution is -0.138. The van der Waals surface area contributed by atoms with Crippen LogP contribution in [0.2, 0.25) is 5.02 Å². The van der Waals surface area contributed by atoms with E-state index in [4.69, 9.17) is 11.6 Å². The van der Waals surface area contributed by atoms with Crippen LogP contribution >= 0.6 is 23.4 Å². The summed E-state index contributed by atoms with van der Waals surface area (Å²) in [4.78, 5) is 2.53. The van der Waals surface area contributed by atoms with Gasteiger partial charge in [0.25, 0.3) is 0 Å². The number of hydrogen-bond donors (Lipinski definition) is 2. The zero-order valence-corrected chi connectivity index (χ0v) is 18.2. The van der Waals surface area contributed by atoms with Gasteiger partial charge in [-0.15, -0.1) is 0 Å². The van der Waals surface area contributed by atoms with Gasteiger partial charge in [0.1, 0.15) is 5.82 Å². The molecule has 3 nitrogen and oxygen atoms in total. The minimum absolute atomic E-state index is 0.289. The Hall–Kier alpha value is -1.64. The van der Waals surface area contributed by atoms with Crippen molar-refractivity contribution in [1.82, 2.24) is 5.32 Å². The van der Waals surface area contributed by atoms with Gasteiger partial charge in [-0.05, 0) is 48.4 Å². The summed E-state index contributed by atoms with van der Waals surface area (Å²) in [7, 11) is 0. The summed E-state index contributed by atoms with van der Waals surface area (Å²) >= 11 is 7.64. The normalized spacial score (nSPS) is 22.7. The van der Waals surface area contributed by atoms with Crippen LogP contribution in [0.5, 0.6) is 0 Å². The molecule has 0 unspecified atom stereocenters. The van der Waals surface area contributed by atoms with Gasteiger partial charge in [0.05, 0.1) is 10.6 Å². The van der Waals surface area contributed by atoms with Crippen LogP contribution in [0, 0.1) is 5.82 Å². The SMILES string of the molecule is Fc1c(Cl)ccc(C(F)(F)F)c1CNc1cc2c3c(c1)[C@@H]1CNCC[C@@H]1N3CCSC2. The van der Waals surface area contributed by atoms with Gasteiger partial charge in [0.2, 0.25) is 0 Å². The molecule has 0 spiro atoms. The first-order chi connectivity index (χ1) is 14.8. The number of fused-ring (bicyclic) bond motifs is 3. The second-order valence-electron chi connectivity index (χ2n) is 8.22. The Labute approximate surface area is 187 Å². The predicted octanol–water partition coefficient (Wildman–Crippen LogP) is 5.62. The van der Waals surface area contributed by atoms with E-state index in [9.17, 15) is 17.6 Å². The highest BCUT2D eigenvalue weighted by atomic mass is 35.5. The zero-order valence-electron chi connectivity index (χ0n) is 16.7. The number of nitrogens with one attached hydrogen (secondary N) is 2. The Morgan fingerprint density at radius 2 is 2.10 bits per heavy atom. The molecule has 0 radical (unpaired) electrons. The van der Waals surface area contributed by atoms with Crippen molar-refractivity contribution in [3.05, 3.63) is 57.4 Å². The maximum Gasteiger partial charge on any atom is 0.416 e. The molecule has 0 saturated carbocycles. The van der Waals surface area contributed by atoms with Crippen LogP contribution in [0.1, 0.15) is 34.6 Å². The Morgan fingerprint density at radius 1 is 1.26 bits per heavy atom. The number of piperidine rings is 1. The van der Waals surface area contributed by atoms with Gasteiger partial charge in [-0.3, -0.25) is 0 Å². The summed E-state index contributed by atoms with van der Waals surface area (Å²) in [5.74, 6) is 1.25. The molecule has 166 valence electrons. The Balaban J connectivity index is 1.49.